The first-order chi connectivity index (χ1) is 19.3. The molecule has 0 aliphatic carbocycles. The summed E-state index contributed by atoms with van der Waals surface area (Å²) >= 11 is 0. The van der Waals surface area contributed by atoms with Crippen molar-refractivity contribution in [3.63, 3.8) is 0 Å². The topological polar surface area (TPSA) is 43.4 Å². The number of aromatic nitrogens is 1. The summed E-state index contributed by atoms with van der Waals surface area (Å²) in [6.45, 7) is 1.40. The maximum atomic E-state index is 13.1. The van der Waals surface area contributed by atoms with Crippen molar-refractivity contribution in [3.05, 3.63) is 120 Å². The minimum Gasteiger partial charge on any atom is -0.431 e. The number of anilines is 1. The summed E-state index contributed by atoms with van der Waals surface area (Å²) < 4.78 is 61.0. The molecule has 1 N–H and O–H groups in total. The minimum absolute atomic E-state index is 0.0913. The SMILES string of the molecule is C=C/C=C(\C=C/C)CC(c1ccc(NC(CCC)c2ccccc2)nc1)c1ccc(OC(F)F)c(OC(F)F)c1. The van der Waals surface area contributed by atoms with Gasteiger partial charge in [0.25, 0.3) is 0 Å². The van der Waals surface area contributed by atoms with Crippen molar-refractivity contribution >= 4 is 5.82 Å². The zero-order valence-electron chi connectivity index (χ0n) is 22.6. The molecule has 3 rings (SSSR count). The summed E-state index contributed by atoms with van der Waals surface area (Å²) in [7, 11) is 0. The highest BCUT2D eigenvalue weighted by Gasteiger charge is 2.21. The van der Waals surface area contributed by atoms with E-state index >= 15 is 0 Å². The van der Waals surface area contributed by atoms with E-state index in [2.05, 4.69) is 45.4 Å². The Labute approximate surface area is 233 Å². The van der Waals surface area contributed by atoms with Crippen LogP contribution in [0.25, 0.3) is 0 Å². The monoisotopic (exact) mass is 554 g/mol. The average Bonchev–Trinajstić information content (AvgIpc) is 2.93. The Morgan fingerprint density at radius 2 is 1.62 bits per heavy atom. The fraction of sp³-hybridized carbons (Fsp3) is 0.281. The van der Waals surface area contributed by atoms with Gasteiger partial charge in [-0.25, -0.2) is 4.98 Å². The van der Waals surface area contributed by atoms with E-state index in [4.69, 9.17) is 0 Å². The van der Waals surface area contributed by atoms with Gasteiger partial charge in [-0.15, -0.1) is 0 Å². The molecule has 0 radical (unpaired) electrons. The first kappa shape index (κ1) is 30.5. The number of ether oxygens (including phenoxy) is 2. The molecule has 2 aromatic carbocycles. The van der Waals surface area contributed by atoms with E-state index in [0.29, 0.717) is 17.8 Å². The van der Waals surface area contributed by atoms with E-state index in [9.17, 15) is 17.6 Å². The molecule has 8 heteroatoms. The number of rotatable bonds is 15. The predicted octanol–water partition coefficient (Wildman–Crippen LogP) is 9.45. The van der Waals surface area contributed by atoms with Crippen molar-refractivity contribution < 1.29 is 27.0 Å². The van der Waals surface area contributed by atoms with Crippen LogP contribution in [0.15, 0.2) is 103 Å². The van der Waals surface area contributed by atoms with Crippen LogP contribution in [0.5, 0.6) is 11.5 Å². The third-order valence-corrected chi connectivity index (χ3v) is 6.24. The van der Waals surface area contributed by atoms with E-state index in [1.54, 1.807) is 18.3 Å². The van der Waals surface area contributed by atoms with Crippen LogP contribution in [0.2, 0.25) is 0 Å². The van der Waals surface area contributed by atoms with E-state index in [1.807, 2.05) is 55.5 Å². The van der Waals surface area contributed by atoms with Crippen molar-refractivity contribution in [2.24, 2.45) is 0 Å². The molecule has 0 aliphatic heterocycles. The van der Waals surface area contributed by atoms with Crippen molar-refractivity contribution in [2.45, 2.75) is 58.3 Å². The van der Waals surface area contributed by atoms with Gasteiger partial charge < -0.3 is 14.8 Å². The molecule has 0 amide bonds. The molecule has 2 unspecified atom stereocenters. The number of hydrogen-bond donors (Lipinski definition) is 1. The van der Waals surface area contributed by atoms with Crippen LogP contribution in [0, 0.1) is 0 Å². The number of pyridine rings is 1. The second-order valence-electron chi connectivity index (χ2n) is 9.07. The number of benzene rings is 2. The zero-order chi connectivity index (χ0) is 28.9. The van der Waals surface area contributed by atoms with Crippen LogP contribution >= 0.6 is 0 Å². The molecule has 0 aliphatic rings. The van der Waals surface area contributed by atoms with Crippen molar-refractivity contribution in [2.75, 3.05) is 5.32 Å². The molecule has 1 aromatic heterocycles. The van der Waals surface area contributed by atoms with Gasteiger partial charge in [0, 0.05) is 12.1 Å². The number of hydrogen-bond acceptors (Lipinski definition) is 4. The molecular formula is C32H34F4N2O2. The molecule has 212 valence electrons. The molecule has 40 heavy (non-hydrogen) atoms. The lowest BCUT2D eigenvalue weighted by atomic mass is 9.86. The summed E-state index contributed by atoms with van der Waals surface area (Å²) in [6, 6.07) is 18.1. The maximum absolute atomic E-state index is 13.1. The van der Waals surface area contributed by atoms with Crippen molar-refractivity contribution in [1.29, 1.82) is 0 Å². The molecule has 1 heterocycles. The Kier molecular flexibility index (Phi) is 11.8. The Balaban J connectivity index is 1.99. The fourth-order valence-corrected chi connectivity index (χ4v) is 4.52. The van der Waals surface area contributed by atoms with Gasteiger partial charge in [0.2, 0.25) is 0 Å². The van der Waals surface area contributed by atoms with Crippen LogP contribution in [0.1, 0.15) is 61.8 Å². The second-order valence-corrected chi connectivity index (χ2v) is 9.07. The Hall–Kier alpha value is -4.07. The lowest BCUT2D eigenvalue weighted by molar-refractivity contribution is -0.0692. The van der Waals surface area contributed by atoms with Gasteiger partial charge >= 0.3 is 13.2 Å². The molecule has 4 nitrogen and oxygen atoms in total. The molecule has 0 saturated heterocycles. The molecule has 0 saturated carbocycles. The smallest absolute Gasteiger partial charge is 0.387 e. The number of nitrogens with zero attached hydrogens (tertiary/aromatic N) is 1. The quantitative estimate of drug-likeness (QED) is 0.150. The number of alkyl halides is 4. The van der Waals surface area contributed by atoms with Crippen molar-refractivity contribution in [3.8, 4) is 11.5 Å². The fourth-order valence-electron chi connectivity index (χ4n) is 4.52. The minimum atomic E-state index is -3.21. The lowest BCUT2D eigenvalue weighted by Gasteiger charge is -2.22. The molecule has 2 atom stereocenters. The number of allylic oxidation sites excluding steroid dienone is 5. The van der Waals surface area contributed by atoms with Crippen LogP contribution < -0.4 is 14.8 Å². The predicted molar refractivity (Wildman–Crippen MR) is 151 cm³/mol. The Bertz CT molecular complexity index is 1260. The zero-order valence-corrected chi connectivity index (χ0v) is 22.6. The van der Waals surface area contributed by atoms with Crippen LogP contribution in [0.3, 0.4) is 0 Å². The summed E-state index contributed by atoms with van der Waals surface area (Å²) in [5.74, 6) is -0.587. The summed E-state index contributed by atoms with van der Waals surface area (Å²) in [5.41, 5.74) is 3.48. The first-order valence-electron chi connectivity index (χ1n) is 13.1. The molecule has 0 fully saturated rings. The van der Waals surface area contributed by atoms with Gasteiger partial charge in [0.05, 0.1) is 6.04 Å². The maximum Gasteiger partial charge on any atom is 0.387 e. The van der Waals surface area contributed by atoms with Gasteiger partial charge in [-0.05, 0) is 60.2 Å². The van der Waals surface area contributed by atoms with Crippen LogP contribution in [-0.4, -0.2) is 18.2 Å². The third kappa shape index (κ3) is 9.00. The van der Waals surface area contributed by atoms with Crippen molar-refractivity contribution in [1.82, 2.24) is 4.98 Å². The normalized spacial score (nSPS) is 13.4. The van der Waals surface area contributed by atoms with Crippen LogP contribution in [-0.2, 0) is 0 Å². The first-order valence-corrected chi connectivity index (χ1v) is 13.1. The van der Waals surface area contributed by atoms with E-state index < -0.39 is 24.7 Å². The van der Waals surface area contributed by atoms with Gasteiger partial charge in [0.1, 0.15) is 5.82 Å². The molecular weight excluding hydrogens is 520 g/mol. The van der Waals surface area contributed by atoms with E-state index in [0.717, 1.165) is 29.5 Å². The van der Waals surface area contributed by atoms with Gasteiger partial charge in [-0.3, -0.25) is 0 Å². The highest BCUT2D eigenvalue weighted by molar-refractivity contribution is 5.48. The third-order valence-electron chi connectivity index (χ3n) is 6.24. The average molecular weight is 555 g/mol. The van der Waals surface area contributed by atoms with E-state index in [-0.39, 0.29) is 12.0 Å². The summed E-state index contributed by atoms with van der Waals surface area (Å²) in [4.78, 5) is 4.66. The molecule has 0 spiro atoms. The highest BCUT2D eigenvalue weighted by Crippen LogP contribution is 2.38. The van der Waals surface area contributed by atoms with E-state index in [1.165, 1.54) is 12.1 Å². The highest BCUT2D eigenvalue weighted by atomic mass is 19.3. The number of nitrogens with one attached hydrogen (secondary N) is 1. The molecule has 0 bridgehead atoms. The number of halogens is 4. The second kappa shape index (κ2) is 15.5. The summed E-state index contributed by atoms with van der Waals surface area (Å²) in [6.07, 6.45) is 11.5. The largest absolute Gasteiger partial charge is 0.431 e. The lowest BCUT2D eigenvalue weighted by Crippen LogP contribution is -2.12. The molecule has 3 aromatic rings. The standard InChI is InChI=1S/C32H34F4N2O2/c1-4-10-22(11-5-2)19-26(24-15-17-28(39-31(33)34)29(20-24)40-32(35)36)25-16-18-30(37-21-25)38-27(12-6-3)23-13-8-7-9-14-23/h4-5,7-11,13-18,20-21,26-27,31-32H,1,6,12,19H2,2-3H3,(H,37,38)/b11-5-,22-10+. The Morgan fingerprint density at radius 3 is 2.23 bits per heavy atom. The van der Waals surface area contributed by atoms with Gasteiger partial charge in [-0.1, -0.05) is 86.7 Å². The van der Waals surface area contributed by atoms with Gasteiger partial charge in [-0.2, -0.15) is 17.6 Å². The van der Waals surface area contributed by atoms with Gasteiger partial charge in [0.15, 0.2) is 11.5 Å². The Morgan fingerprint density at radius 1 is 0.925 bits per heavy atom. The van der Waals surface area contributed by atoms with Crippen LogP contribution in [0.4, 0.5) is 23.4 Å². The summed E-state index contributed by atoms with van der Waals surface area (Å²) in [5, 5.41) is 3.50.